The van der Waals surface area contributed by atoms with Crippen molar-refractivity contribution in [2.75, 3.05) is 26.0 Å². The zero-order chi connectivity index (χ0) is 16.9. The number of nitrogens with zero attached hydrogens (tertiary/aromatic N) is 1. The first-order valence-corrected chi connectivity index (χ1v) is 8.50. The van der Waals surface area contributed by atoms with Gasteiger partial charge in [-0.25, -0.2) is 12.7 Å². The van der Waals surface area contributed by atoms with Crippen molar-refractivity contribution in [3.63, 3.8) is 0 Å². The van der Waals surface area contributed by atoms with Crippen molar-refractivity contribution in [2.45, 2.75) is 11.4 Å². The molecule has 2 rings (SSSR count). The van der Waals surface area contributed by atoms with Gasteiger partial charge >= 0.3 is 0 Å². The standard InChI is InChI=1S/C15H19N3O4S/c1-18(2)23(20,21)14-7-5-12(6-8-14)17-15(19)11-16-10-13-4-3-9-22-13/h3-9,16H,10-11H2,1-2H3,(H,17,19)/p+1. The maximum Gasteiger partial charge on any atom is 0.279 e. The van der Waals surface area contributed by atoms with Gasteiger partial charge in [-0.1, -0.05) is 0 Å². The van der Waals surface area contributed by atoms with Crippen LogP contribution in [0.5, 0.6) is 0 Å². The van der Waals surface area contributed by atoms with Gasteiger partial charge < -0.3 is 15.1 Å². The number of hydrogen-bond acceptors (Lipinski definition) is 4. The molecule has 0 unspecified atom stereocenters. The van der Waals surface area contributed by atoms with Gasteiger partial charge in [0.05, 0.1) is 11.2 Å². The van der Waals surface area contributed by atoms with Crippen LogP contribution in [0.2, 0.25) is 0 Å². The molecule has 1 aromatic carbocycles. The van der Waals surface area contributed by atoms with E-state index in [2.05, 4.69) is 5.32 Å². The number of quaternary nitrogens is 1. The SMILES string of the molecule is CN(C)S(=O)(=O)c1ccc(NC(=O)C[NH2+]Cc2ccco2)cc1. The fraction of sp³-hybridized carbons (Fsp3) is 0.267. The lowest BCUT2D eigenvalue weighted by Gasteiger charge is -2.11. The van der Waals surface area contributed by atoms with Gasteiger partial charge in [0.1, 0.15) is 6.54 Å². The van der Waals surface area contributed by atoms with Crippen LogP contribution in [0.25, 0.3) is 0 Å². The van der Waals surface area contributed by atoms with Gasteiger partial charge in [-0.15, -0.1) is 0 Å². The monoisotopic (exact) mass is 338 g/mol. The molecule has 0 aliphatic carbocycles. The summed E-state index contributed by atoms with van der Waals surface area (Å²) in [5.41, 5.74) is 0.555. The van der Waals surface area contributed by atoms with Gasteiger partial charge in [-0.05, 0) is 36.4 Å². The number of carbonyl (C=O) groups is 1. The van der Waals surface area contributed by atoms with Crippen LogP contribution in [0.4, 0.5) is 5.69 Å². The van der Waals surface area contributed by atoms with Crippen molar-refractivity contribution in [2.24, 2.45) is 0 Å². The molecule has 3 N–H and O–H groups in total. The van der Waals surface area contributed by atoms with Crippen LogP contribution in [-0.2, 0) is 21.4 Å². The molecule has 0 spiro atoms. The van der Waals surface area contributed by atoms with E-state index in [4.69, 9.17) is 4.42 Å². The number of anilines is 1. The second kappa shape index (κ2) is 7.40. The first kappa shape index (κ1) is 17.2. The van der Waals surface area contributed by atoms with E-state index >= 15 is 0 Å². The molecule has 0 bridgehead atoms. The summed E-state index contributed by atoms with van der Waals surface area (Å²) in [7, 11) is -0.513. The molecule has 0 saturated heterocycles. The summed E-state index contributed by atoms with van der Waals surface area (Å²) in [6.45, 7) is 0.832. The Hall–Kier alpha value is -2.16. The highest BCUT2D eigenvalue weighted by Gasteiger charge is 2.16. The number of rotatable bonds is 7. The van der Waals surface area contributed by atoms with Gasteiger partial charge in [0, 0.05) is 19.8 Å². The Morgan fingerprint density at radius 1 is 1.22 bits per heavy atom. The lowest BCUT2D eigenvalue weighted by molar-refractivity contribution is -0.661. The molecular weight excluding hydrogens is 318 g/mol. The van der Waals surface area contributed by atoms with Crippen LogP contribution in [0.1, 0.15) is 5.76 Å². The van der Waals surface area contributed by atoms with Crippen molar-refractivity contribution in [1.29, 1.82) is 0 Å². The molecule has 0 radical (unpaired) electrons. The van der Waals surface area contributed by atoms with Gasteiger partial charge in [-0.3, -0.25) is 4.79 Å². The number of nitrogens with two attached hydrogens (primary N) is 1. The van der Waals surface area contributed by atoms with Gasteiger partial charge in [0.15, 0.2) is 12.3 Å². The minimum atomic E-state index is -3.46. The van der Waals surface area contributed by atoms with Crippen LogP contribution < -0.4 is 10.6 Å². The number of furan rings is 1. The zero-order valence-electron chi connectivity index (χ0n) is 13.0. The van der Waals surface area contributed by atoms with Crippen LogP contribution in [0.3, 0.4) is 0 Å². The highest BCUT2D eigenvalue weighted by molar-refractivity contribution is 7.89. The lowest BCUT2D eigenvalue weighted by Crippen LogP contribution is -2.84. The number of carbonyl (C=O) groups excluding carboxylic acids is 1. The topological polar surface area (TPSA) is 96.2 Å². The molecule has 23 heavy (non-hydrogen) atoms. The maximum absolute atomic E-state index is 11.9. The normalized spacial score (nSPS) is 11.6. The van der Waals surface area contributed by atoms with Crippen molar-refractivity contribution in [1.82, 2.24) is 4.31 Å². The summed E-state index contributed by atoms with van der Waals surface area (Å²) in [5.74, 6) is 0.635. The number of hydrogen-bond donors (Lipinski definition) is 2. The van der Waals surface area contributed by atoms with Crippen molar-refractivity contribution in [3.05, 3.63) is 48.4 Å². The van der Waals surface area contributed by atoms with Crippen molar-refractivity contribution < 1.29 is 22.9 Å². The third-order valence-electron chi connectivity index (χ3n) is 3.17. The predicted octanol–water partition coefficient (Wildman–Crippen LogP) is 0.232. The molecule has 1 aromatic heterocycles. The molecule has 7 nitrogen and oxygen atoms in total. The average molecular weight is 338 g/mol. The minimum Gasteiger partial charge on any atom is -0.463 e. The maximum atomic E-state index is 11.9. The van der Waals surface area contributed by atoms with E-state index in [-0.39, 0.29) is 17.3 Å². The molecule has 124 valence electrons. The zero-order valence-corrected chi connectivity index (χ0v) is 13.8. The first-order valence-electron chi connectivity index (χ1n) is 7.06. The van der Waals surface area contributed by atoms with E-state index in [1.807, 2.05) is 11.4 Å². The molecule has 0 saturated carbocycles. The molecule has 0 atom stereocenters. The van der Waals surface area contributed by atoms with Gasteiger partial charge in [0.25, 0.3) is 5.91 Å². The summed E-state index contributed by atoms with van der Waals surface area (Å²) in [4.78, 5) is 12.0. The molecular formula is C15H20N3O4S+. The Labute approximate surface area is 135 Å². The number of sulfonamides is 1. The smallest absolute Gasteiger partial charge is 0.279 e. The Morgan fingerprint density at radius 3 is 2.48 bits per heavy atom. The summed E-state index contributed by atoms with van der Waals surface area (Å²) in [6.07, 6.45) is 1.59. The van der Waals surface area contributed by atoms with Gasteiger partial charge in [-0.2, -0.15) is 0 Å². The number of amides is 1. The average Bonchev–Trinajstić information content (AvgIpc) is 3.01. The second-order valence-electron chi connectivity index (χ2n) is 5.14. The summed E-state index contributed by atoms with van der Waals surface area (Å²) >= 11 is 0. The molecule has 8 heteroatoms. The number of nitrogens with one attached hydrogen (secondary N) is 1. The van der Waals surface area contributed by atoms with Gasteiger partial charge in [0.2, 0.25) is 10.0 Å². The lowest BCUT2D eigenvalue weighted by atomic mass is 10.3. The predicted molar refractivity (Wildman–Crippen MR) is 85.1 cm³/mol. The van der Waals surface area contributed by atoms with Crippen LogP contribution in [0.15, 0.2) is 52.0 Å². The largest absolute Gasteiger partial charge is 0.463 e. The van der Waals surface area contributed by atoms with E-state index < -0.39 is 10.0 Å². The van der Waals surface area contributed by atoms with Crippen LogP contribution >= 0.6 is 0 Å². The quantitative estimate of drug-likeness (QED) is 0.755. The van der Waals surface area contributed by atoms with E-state index in [9.17, 15) is 13.2 Å². The molecule has 1 amide bonds. The van der Waals surface area contributed by atoms with E-state index in [0.29, 0.717) is 12.2 Å². The van der Waals surface area contributed by atoms with E-state index in [0.717, 1.165) is 10.1 Å². The number of benzene rings is 1. The second-order valence-corrected chi connectivity index (χ2v) is 7.29. The molecule has 2 aromatic rings. The molecule has 1 heterocycles. The molecule has 0 aliphatic rings. The van der Waals surface area contributed by atoms with E-state index in [1.165, 1.54) is 26.2 Å². The Bertz CT molecular complexity index is 738. The third kappa shape index (κ3) is 4.65. The van der Waals surface area contributed by atoms with Crippen molar-refractivity contribution in [3.8, 4) is 0 Å². The minimum absolute atomic E-state index is 0.167. The van der Waals surface area contributed by atoms with E-state index in [1.54, 1.807) is 24.5 Å². The molecule has 0 fully saturated rings. The first-order chi connectivity index (χ1) is 10.9. The Morgan fingerprint density at radius 2 is 1.91 bits per heavy atom. The highest BCUT2D eigenvalue weighted by Crippen LogP contribution is 2.16. The fourth-order valence-electron chi connectivity index (χ4n) is 1.91. The molecule has 0 aliphatic heterocycles. The summed E-state index contributed by atoms with van der Waals surface area (Å²) in [6, 6.07) is 9.72. The Balaban J connectivity index is 1.87. The summed E-state index contributed by atoms with van der Waals surface area (Å²) in [5, 5.41) is 4.54. The van der Waals surface area contributed by atoms with Crippen LogP contribution in [0, 0.1) is 0 Å². The highest BCUT2D eigenvalue weighted by atomic mass is 32.2. The third-order valence-corrected chi connectivity index (χ3v) is 5.00. The Kier molecular flexibility index (Phi) is 5.54. The fourth-order valence-corrected chi connectivity index (χ4v) is 2.81. The van der Waals surface area contributed by atoms with Crippen LogP contribution in [-0.4, -0.2) is 39.3 Å². The summed E-state index contributed by atoms with van der Waals surface area (Å²) < 4.78 is 30.2. The van der Waals surface area contributed by atoms with Crippen molar-refractivity contribution >= 4 is 21.6 Å².